The summed E-state index contributed by atoms with van der Waals surface area (Å²) in [6, 6.07) is 3.96. The Balaban J connectivity index is 1.59. The van der Waals surface area contributed by atoms with Gasteiger partial charge in [-0.05, 0) is 60.6 Å². The van der Waals surface area contributed by atoms with E-state index in [1.54, 1.807) is 0 Å². The summed E-state index contributed by atoms with van der Waals surface area (Å²) in [7, 11) is -8.06. The predicted octanol–water partition coefficient (Wildman–Crippen LogP) is 4.61. The van der Waals surface area contributed by atoms with Crippen molar-refractivity contribution < 1.29 is 56.8 Å². The number of hydrogen-bond acceptors (Lipinski definition) is 5. The zero-order valence-electron chi connectivity index (χ0n) is 22.9. The minimum Gasteiger partial charge on any atom is -0.338 e. The van der Waals surface area contributed by atoms with Gasteiger partial charge in [0, 0.05) is 31.6 Å². The topological polar surface area (TPSA) is 91.8 Å². The maximum absolute atomic E-state index is 14.9. The van der Waals surface area contributed by atoms with Gasteiger partial charge in [-0.25, -0.2) is 29.9 Å². The van der Waals surface area contributed by atoms with E-state index in [4.69, 9.17) is 0 Å². The first-order valence-electron chi connectivity index (χ1n) is 13.4. The Morgan fingerprint density at radius 1 is 0.932 bits per heavy atom. The highest BCUT2D eigenvalue weighted by Gasteiger charge is 2.74. The molecule has 2 fully saturated rings. The second-order valence-corrected chi connectivity index (χ2v) is 15.6. The lowest BCUT2D eigenvalue weighted by Gasteiger charge is -2.44. The molecule has 0 spiro atoms. The van der Waals surface area contributed by atoms with E-state index in [0.717, 1.165) is 36.6 Å². The quantitative estimate of drug-likeness (QED) is 0.330. The largest absolute Gasteiger partial charge is 0.435 e. The van der Waals surface area contributed by atoms with Crippen LogP contribution in [-0.2, 0) is 41.5 Å². The number of sulfonamides is 1. The van der Waals surface area contributed by atoms with Crippen molar-refractivity contribution in [3.05, 3.63) is 65.0 Å². The first kappa shape index (κ1) is 32.6. The van der Waals surface area contributed by atoms with Crippen LogP contribution >= 0.6 is 0 Å². The fourth-order valence-corrected chi connectivity index (χ4v) is 9.97. The van der Waals surface area contributed by atoms with Gasteiger partial charge in [-0.15, -0.1) is 0 Å². The molecular formula is C27H26F8N2O5S2. The van der Waals surface area contributed by atoms with Crippen molar-refractivity contribution in [3.63, 3.8) is 0 Å². The van der Waals surface area contributed by atoms with Crippen molar-refractivity contribution in [2.75, 3.05) is 25.9 Å². The van der Waals surface area contributed by atoms with Crippen LogP contribution in [0.5, 0.6) is 0 Å². The average molecular weight is 675 g/mol. The lowest BCUT2D eigenvalue weighted by Crippen LogP contribution is -2.54. The molecule has 0 bridgehead atoms. The van der Waals surface area contributed by atoms with Crippen molar-refractivity contribution in [2.24, 2.45) is 5.92 Å². The molecule has 17 heteroatoms. The van der Waals surface area contributed by atoms with Crippen LogP contribution in [0.4, 0.5) is 35.1 Å². The number of fused-ring (bicyclic) bond motifs is 3. The van der Waals surface area contributed by atoms with Gasteiger partial charge in [0.2, 0.25) is 15.9 Å². The number of amides is 1. The predicted molar refractivity (Wildman–Crippen MR) is 140 cm³/mol. The summed E-state index contributed by atoms with van der Waals surface area (Å²) >= 11 is 0. The van der Waals surface area contributed by atoms with Crippen LogP contribution in [0.2, 0.25) is 0 Å². The van der Waals surface area contributed by atoms with Gasteiger partial charge >= 0.3 is 18.0 Å². The molecule has 0 saturated carbocycles. The lowest BCUT2D eigenvalue weighted by atomic mass is 9.76. The number of rotatable bonds is 6. The second kappa shape index (κ2) is 10.4. The van der Waals surface area contributed by atoms with Crippen molar-refractivity contribution >= 4 is 25.8 Å². The van der Waals surface area contributed by atoms with E-state index in [2.05, 4.69) is 0 Å². The molecular weight excluding hydrogens is 648 g/mol. The van der Waals surface area contributed by atoms with Crippen LogP contribution < -0.4 is 0 Å². The van der Waals surface area contributed by atoms with Crippen molar-refractivity contribution in [2.45, 2.75) is 59.4 Å². The summed E-state index contributed by atoms with van der Waals surface area (Å²) in [5, 5.41) is 0. The molecule has 2 aromatic rings. The van der Waals surface area contributed by atoms with Crippen molar-refractivity contribution in [1.29, 1.82) is 0 Å². The summed E-state index contributed by atoms with van der Waals surface area (Å²) in [6.45, 7) is 0.0139. The number of carbonyl (C=O) groups excluding carboxylic acids is 1. The van der Waals surface area contributed by atoms with Crippen LogP contribution in [-0.4, -0.2) is 76.2 Å². The third-order valence-electron chi connectivity index (χ3n) is 8.85. The SMILES string of the molecule is CS(=O)(=O)N1CC(CC(=O)N2CC[C@@]3(S(=O)(=O)c4ccc(F)cc4)c4ccc(C(F)(C(F)(F)F)C(F)(F)F)cc4CC[C@@H]23)C1. The van der Waals surface area contributed by atoms with Crippen LogP contribution in [0.3, 0.4) is 0 Å². The second-order valence-electron chi connectivity index (χ2n) is 11.4. The molecule has 2 aliphatic heterocycles. The Morgan fingerprint density at radius 2 is 1.52 bits per heavy atom. The maximum Gasteiger partial charge on any atom is 0.435 e. The molecule has 1 aliphatic carbocycles. The first-order valence-corrected chi connectivity index (χ1v) is 16.7. The standard InChI is InChI=1S/C27H26F8N2O5S2/c1-43(39,40)36-14-16(15-36)12-23(38)37-11-10-24(44(41,42)20-6-4-19(28)5-7-20)21-8-3-18(13-17(21)2-9-22(24)37)25(29,26(30,31)32)27(33,34)35/h3-8,13,16,22H,2,9-12,14-15H2,1H3/t22-,24-/m1/s1. The minimum atomic E-state index is -6.38. The van der Waals surface area contributed by atoms with Gasteiger partial charge in [-0.3, -0.25) is 4.79 Å². The molecule has 0 N–H and O–H groups in total. The van der Waals surface area contributed by atoms with Crippen LogP contribution in [0.25, 0.3) is 0 Å². The summed E-state index contributed by atoms with van der Waals surface area (Å²) in [5.41, 5.74) is -7.90. The van der Waals surface area contributed by atoms with Gasteiger partial charge < -0.3 is 4.90 Å². The number of nitrogens with zero attached hydrogens (tertiary/aromatic N) is 2. The fraction of sp³-hybridized carbons (Fsp3) is 0.519. The lowest BCUT2D eigenvalue weighted by molar-refractivity contribution is -0.348. The Hall–Kier alpha value is -2.79. The Morgan fingerprint density at radius 3 is 2.07 bits per heavy atom. The molecule has 2 heterocycles. The number of aryl methyl sites for hydroxylation is 1. The van der Waals surface area contributed by atoms with Crippen molar-refractivity contribution in [1.82, 2.24) is 9.21 Å². The van der Waals surface area contributed by atoms with E-state index >= 15 is 0 Å². The number of alkyl halides is 7. The Bertz CT molecular complexity index is 1670. The normalized spacial score (nSPS) is 23.7. The van der Waals surface area contributed by atoms with Crippen LogP contribution in [0.15, 0.2) is 47.4 Å². The summed E-state index contributed by atoms with van der Waals surface area (Å²) in [6.07, 6.45) is -12.6. The highest BCUT2D eigenvalue weighted by Crippen LogP contribution is 2.56. The number of carbonyl (C=O) groups is 1. The summed E-state index contributed by atoms with van der Waals surface area (Å²) in [4.78, 5) is 14.4. The van der Waals surface area contributed by atoms with Gasteiger partial charge in [0.25, 0.3) is 0 Å². The van der Waals surface area contributed by atoms with E-state index in [1.165, 1.54) is 9.21 Å². The summed E-state index contributed by atoms with van der Waals surface area (Å²) < 4.78 is 161. The highest BCUT2D eigenvalue weighted by atomic mass is 32.2. The fourth-order valence-electron chi connectivity index (χ4n) is 6.64. The molecule has 2 aromatic carbocycles. The minimum absolute atomic E-state index is 0.0805. The maximum atomic E-state index is 14.9. The third-order valence-corrected chi connectivity index (χ3v) is 12.6. The zero-order valence-corrected chi connectivity index (χ0v) is 24.6. The van der Waals surface area contributed by atoms with Crippen molar-refractivity contribution in [3.8, 4) is 0 Å². The number of halogens is 8. The molecule has 7 nitrogen and oxygen atoms in total. The Labute approximate surface area is 247 Å². The number of sulfone groups is 1. The van der Waals surface area contributed by atoms with Gasteiger partial charge in [0.15, 0.2) is 9.84 Å². The third kappa shape index (κ3) is 4.89. The smallest absolute Gasteiger partial charge is 0.338 e. The molecule has 2 atom stereocenters. The molecule has 0 unspecified atom stereocenters. The molecule has 2 saturated heterocycles. The van der Waals surface area contributed by atoms with Crippen LogP contribution in [0.1, 0.15) is 36.0 Å². The number of likely N-dealkylation sites (tertiary alicyclic amines) is 1. The zero-order chi connectivity index (χ0) is 32.7. The summed E-state index contributed by atoms with van der Waals surface area (Å²) in [5.74, 6) is -1.61. The molecule has 0 radical (unpaired) electrons. The van der Waals surface area contributed by atoms with E-state index in [9.17, 15) is 56.8 Å². The van der Waals surface area contributed by atoms with Gasteiger partial charge in [-0.2, -0.15) is 26.3 Å². The monoisotopic (exact) mass is 674 g/mol. The van der Waals surface area contributed by atoms with Gasteiger partial charge in [0.05, 0.1) is 17.2 Å². The van der Waals surface area contributed by atoms with Gasteiger partial charge in [0.1, 0.15) is 10.6 Å². The molecule has 5 rings (SSSR count). The first-order chi connectivity index (χ1) is 20.1. The number of benzene rings is 2. The Kier molecular flexibility index (Phi) is 7.68. The molecule has 3 aliphatic rings. The number of hydrogen-bond donors (Lipinski definition) is 0. The molecule has 1 amide bonds. The van der Waals surface area contributed by atoms with E-state index in [1.807, 2.05) is 0 Å². The molecule has 44 heavy (non-hydrogen) atoms. The van der Waals surface area contributed by atoms with E-state index < -0.39 is 66.0 Å². The molecule has 0 aromatic heterocycles. The average Bonchev–Trinajstić information content (AvgIpc) is 3.29. The van der Waals surface area contributed by atoms with Crippen LogP contribution in [0, 0.1) is 11.7 Å². The van der Waals surface area contributed by atoms with E-state index in [0.29, 0.717) is 6.07 Å². The molecule has 242 valence electrons. The van der Waals surface area contributed by atoms with Gasteiger partial charge in [-0.1, -0.05) is 18.2 Å². The van der Waals surface area contributed by atoms with E-state index in [-0.39, 0.29) is 73.3 Å². The highest BCUT2D eigenvalue weighted by molar-refractivity contribution is 7.92.